The normalized spacial score (nSPS) is 11.1. The lowest BCUT2D eigenvalue weighted by Gasteiger charge is -2.23. The van der Waals surface area contributed by atoms with E-state index in [2.05, 4.69) is 0 Å². The van der Waals surface area contributed by atoms with E-state index in [1.807, 2.05) is 0 Å². The molecule has 1 rings (SSSR count). The Hall–Kier alpha value is -2.77. The van der Waals surface area contributed by atoms with Crippen molar-refractivity contribution in [2.75, 3.05) is 65.8 Å². The molecule has 192 valence electrons. The van der Waals surface area contributed by atoms with Crippen LogP contribution in [0.15, 0.2) is 18.2 Å². The molecule has 0 bridgehead atoms. The van der Waals surface area contributed by atoms with Crippen LogP contribution < -0.4 is 9.47 Å². The van der Waals surface area contributed by atoms with Crippen molar-refractivity contribution in [3.05, 3.63) is 23.8 Å². The molecule has 0 saturated carbocycles. The molecule has 0 atom stereocenters. The molecule has 0 heterocycles. The van der Waals surface area contributed by atoms with E-state index in [1.165, 1.54) is 41.8 Å². The van der Waals surface area contributed by atoms with Crippen LogP contribution in [-0.4, -0.2) is 124 Å². The van der Waals surface area contributed by atoms with Crippen molar-refractivity contribution < 1.29 is 49.4 Å². The molecule has 0 saturated heterocycles. The molecule has 0 radical (unpaired) electrons. The third-order valence-electron chi connectivity index (χ3n) is 4.65. The summed E-state index contributed by atoms with van der Waals surface area (Å²) in [5.41, 5.74) is -1.74. The van der Waals surface area contributed by atoms with E-state index in [9.17, 15) is 19.5 Å². The third-order valence-corrected chi connectivity index (χ3v) is 4.65. The summed E-state index contributed by atoms with van der Waals surface area (Å²) in [5.74, 6) is -1.63. The molecule has 34 heavy (non-hydrogen) atoms. The zero-order chi connectivity index (χ0) is 25.7. The summed E-state index contributed by atoms with van der Waals surface area (Å²) in [6, 6.07) is 4.02. The molecule has 0 aliphatic carbocycles. The number of aliphatic hydroxyl groups excluding tert-OH is 4. The van der Waals surface area contributed by atoms with Crippen LogP contribution in [-0.2, 0) is 9.59 Å². The summed E-state index contributed by atoms with van der Waals surface area (Å²) < 4.78 is 11.0. The number of carbonyl (C=O) groups is 3. The topological polar surface area (TPSA) is 177 Å². The lowest BCUT2D eigenvalue weighted by molar-refractivity contribution is -0.134. The van der Waals surface area contributed by atoms with E-state index in [-0.39, 0.29) is 69.7 Å². The molecule has 0 aliphatic heterocycles. The number of hydrogen-bond acceptors (Lipinski definition) is 10. The first-order valence-corrected chi connectivity index (χ1v) is 10.7. The molecular formula is C22H34N2O10. The molecule has 0 fully saturated rings. The summed E-state index contributed by atoms with van der Waals surface area (Å²) in [4.78, 5) is 39.7. The van der Waals surface area contributed by atoms with Crippen LogP contribution in [0, 0.1) is 0 Å². The fraction of sp³-hybridized carbons (Fsp3) is 0.591. The average molecular weight is 487 g/mol. The van der Waals surface area contributed by atoms with Gasteiger partial charge < -0.3 is 44.8 Å². The second-order valence-electron chi connectivity index (χ2n) is 7.78. The maximum absolute atomic E-state index is 12.6. The minimum Gasteiger partial charge on any atom is -0.484 e. The summed E-state index contributed by atoms with van der Waals surface area (Å²) >= 11 is 0. The van der Waals surface area contributed by atoms with Crippen LogP contribution >= 0.6 is 0 Å². The minimum atomic E-state index is -1.73. The summed E-state index contributed by atoms with van der Waals surface area (Å²) in [6.45, 7) is 0.501. The highest BCUT2D eigenvalue weighted by molar-refractivity contribution is 6.04. The first-order valence-electron chi connectivity index (χ1n) is 10.7. The lowest BCUT2D eigenvalue weighted by atomic mass is 9.96. The quantitative estimate of drug-likeness (QED) is 0.165. The molecule has 12 heteroatoms. The molecule has 0 aliphatic rings. The molecule has 5 N–H and O–H groups in total. The van der Waals surface area contributed by atoms with Gasteiger partial charge in [-0.2, -0.15) is 0 Å². The van der Waals surface area contributed by atoms with Crippen LogP contribution in [0.25, 0.3) is 0 Å². The zero-order valence-corrected chi connectivity index (χ0v) is 19.5. The number of benzene rings is 1. The SMILES string of the molecule is CC(C)(O)C(=O)c1ccc(OCC(=O)N(CCO)CCO)cc1OCC(=O)N(CCO)CCO. The van der Waals surface area contributed by atoms with Crippen molar-refractivity contribution in [2.45, 2.75) is 19.4 Å². The summed E-state index contributed by atoms with van der Waals surface area (Å²) in [6.07, 6.45) is 0. The molecule has 0 aromatic heterocycles. The van der Waals surface area contributed by atoms with Crippen molar-refractivity contribution in [1.82, 2.24) is 9.80 Å². The van der Waals surface area contributed by atoms with E-state index in [4.69, 9.17) is 29.9 Å². The molecular weight excluding hydrogens is 452 g/mol. The fourth-order valence-corrected chi connectivity index (χ4v) is 2.90. The van der Waals surface area contributed by atoms with Crippen LogP contribution in [0.4, 0.5) is 0 Å². The number of amides is 2. The van der Waals surface area contributed by atoms with Gasteiger partial charge in [0.05, 0.1) is 32.0 Å². The van der Waals surface area contributed by atoms with Gasteiger partial charge in [-0.15, -0.1) is 0 Å². The van der Waals surface area contributed by atoms with Gasteiger partial charge in [-0.3, -0.25) is 14.4 Å². The van der Waals surface area contributed by atoms with E-state index < -0.39 is 36.4 Å². The first-order chi connectivity index (χ1) is 16.1. The Balaban J connectivity index is 3.06. The fourth-order valence-electron chi connectivity index (χ4n) is 2.90. The van der Waals surface area contributed by atoms with E-state index in [0.29, 0.717) is 0 Å². The number of ether oxygens (including phenoxy) is 2. The van der Waals surface area contributed by atoms with Crippen molar-refractivity contribution in [3.8, 4) is 11.5 Å². The van der Waals surface area contributed by atoms with Gasteiger partial charge in [-0.05, 0) is 26.0 Å². The molecule has 0 spiro atoms. The lowest BCUT2D eigenvalue weighted by Crippen LogP contribution is -2.39. The van der Waals surface area contributed by atoms with Gasteiger partial charge in [0.1, 0.15) is 17.1 Å². The number of nitrogens with zero attached hydrogens (tertiary/aromatic N) is 2. The number of Topliss-reactive ketones (excluding diaryl/α,β-unsaturated/α-hetero) is 1. The Morgan fingerprint density at radius 2 is 1.24 bits per heavy atom. The molecule has 12 nitrogen and oxygen atoms in total. The maximum atomic E-state index is 12.6. The number of aliphatic hydroxyl groups is 5. The van der Waals surface area contributed by atoms with Crippen molar-refractivity contribution in [3.63, 3.8) is 0 Å². The van der Waals surface area contributed by atoms with Crippen molar-refractivity contribution in [1.29, 1.82) is 0 Å². The molecule has 0 unspecified atom stereocenters. The van der Waals surface area contributed by atoms with Crippen LogP contribution in [0.2, 0.25) is 0 Å². The summed E-state index contributed by atoms with van der Waals surface area (Å²) in [5, 5.41) is 46.4. The van der Waals surface area contributed by atoms with Crippen LogP contribution in [0.5, 0.6) is 11.5 Å². The van der Waals surface area contributed by atoms with Gasteiger partial charge in [-0.1, -0.05) is 0 Å². The van der Waals surface area contributed by atoms with Gasteiger partial charge in [0.2, 0.25) is 0 Å². The Kier molecular flexibility index (Phi) is 12.5. The molecule has 1 aromatic rings. The average Bonchev–Trinajstić information content (AvgIpc) is 2.79. The van der Waals surface area contributed by atoms with Crippen LogP contribution in [0.1, 0.15) is 24.2 Å². The predicted molar refractivity (Wildman–Crippen MR) is 120 cm³/mol. The first kappa shape index (κ1) is 29.3. The van der Waals surface area contributed by atoms with Crippen molar-refractivity contribution in [2.24, 2.45) is 0 Å². The number of hydrogen-bond donors (Lipinski definition) is 5. The van der Waals surface area contributed by atoms with Gasteiger partial charge in [0.15, 0.2) is 19.0 Å². The van der Waals surface area contributed by atoms with Gasteiger partial charge in [0, 0.05) is 32.2 Å². The Morgan fingerprint density at radius 3 is 1.65 bits per heavy atom. The van der Waals surface area contributed by atoms with Gasteiger partial charge in [0.25, 0.3) is 11.8 Å². The highest BCUT2D eigenvalue weighted by Gasteiger charge is 2.29. The Morgan fingerprint density at radius 1 is 0.794 bits per heavy atom. The number of rotatable bonds is 16. The van der Waals surface area contributed by atoms with Gasteiger partial charge >= 0.3 is 0 Å². The highest BCUT2D eigenvalue weighted by Crippen LogP contribution is 2.28. The predicted octanol–water partition coefficient (Wildman–Crippen LogP) is -1.98. The van der Waals surface area contributed by atoms with Crippen LogP contribution in [0.3, 0.4) is 0 Å². The zero-order valence-electron chi connectivity index (χ0n) is 19.5. The minimum absolute atomic E-state index is 0.0122. The van der Waals surface area contributed by atoms with E-state index >= 15 is 0 Å². The standard InChI is InChI=1S/C22H34N2O10/c1-22(2,32)21(31)17-4-3-16(33-14-19(29)23(5-9-25)6-10-26)13-18(17)34-15-20(30)24(7-11-27)8-12-28/h3-4,13,25-28,32H,5-12,14-15H2,1-2H3. The molecule has 2 amide bonds. The number of carbonyl (C=O) groups excluding carboxylic acids is 3. The Bertz CT molecular complexity index is 797. The monoisotopic (exact) mass is 486 g/mol. The highest BCUT2D eigenvalue weighted by atomic mass is 16.5. The maximum Gasteiger partial charge on any atom is 0.260 e. The second kappa shape index (κ2) is 14.5. The second-order valence-corrected chi connectivity index (χ2v) is 7.78. The van der Waals surface area contributed by atoms with E-state index in [1.54, 1.807) is 0 Å². The smallest absolute Gasteiger partial charge is 0.260 e. The summed E-state index contributed by atoms with van der Waals surface area (Å²) in [7, 11) is 0. The third kappa shape index (κ3) is 9.23. The number of ketones is 1. The largest absolute Gasteiger partial charge is 0.484 e. The van der Waals surface area contributed by atoms with Gasteiger partial charge in [-0.25, -0.2) is 0 Å². The van der Waals surface area contributed by atoms with E-state index in [0.717, 1.165) is 0 Å². The van der Waals surface area contributed by atoms with Crippen molar-refractivity contribution >= 4 is 17.6 Å². The Labute approximate surface area is 197 Å². The molecule has 1 aromatic carbocycles.